The zero-order chi connectivity index (χ0) is 24.0. The highest BCUT2D eigenvalue weighted by Gasteiger charge is 2.21. The summed E-state index contributed by atoms with van der Waals surface area (Å²) in [4.78, 5) is 19.7. The van der Waals surface area contributed by atoms with E-state index in [0.29, 0.717) is 11.7 Å². The molecule has 4 aromatic rings. The Bertz CT molecular complexity index is 1290. The molecule has 1 aliphatic rings. The number of carbonyl (C=O) groups excluding carboxylic acids is 1. The molecule has 1 saturated heterocycles. The minimum Gasteiger partial charge on any atom is -0.481 e. The van der Waals surface area contributed by atoms with Crippen molar-refractivity contribution in [3.8, 4) is 5.75 Å². The normalized spacial score (nSPS) is 14.1. The summed E-state index contributed by atoms with van der Waals surface area (Å²) >= 11 is 3.40. The number of pyridine rings is 1. The standard InChI is InChI=1S/C29H28BrN3O2/c30-24-10-12-25(13-11-24)31-28(34)20-35-26-8-4-7-23-9-14-27(32-29(23)26)33-17-15-22(16-18-33)19-21-5-2-1-3-6-21/h1-14,22H,15-20H2,(H,31,34). The maximum absolute atomic E-state index is 12.4. The molecule has 1 fully saturated rings. The van der Waals surface area contributed by atoms with Crippen LogP contribution in [0.3, 0.4) is 0 Å². The summed E-state index contributed by atoms with van der Waals surface area (Å²) in [6, 6.07) is 28.2. The fourth-order valence-corrected chi connectivity index (χ4v) is 4.85. The lowest BCUT2D eigenvalue weighted by Crippen LogP contribution is -2.34. The highest BCUT2D eigenvalue weighted by atomic mass is 79.9. The quantitative estimate of drug-likeness (QED) is 0.298. The van der Waals surface area contributed by atoms with Crippen LogP contribution in [0.4, 0.5) is 11.5 Å². The van der Waals surface area contributed by atoms with Gasteiger partial charge in [-0.2, -0.15) is 0 Å². The number of piperidine rings is 1. The van der Waals surface area contributed by atoms with Gasteiger partial charge in [-0.25, -0.2) is 4.98 Å². The van der Waals surface area contributed by atoms with Crippen LogP contribution >= 0.6 is 15.9 Å². The lowest BCUT2D eigenvalue weighted by molar-refractivity contribution is -0.118. The zero-order valence-corrected chi connectivity index (χ0v) is 21.1. The van der Waals surface area contributed by atoms with E-state index in [-0.39, 0.29) is 12.5 Å². The number of hydrogen-bond donors (Lipinski definition) is 1. The first-order chi connectivity index (χ1) is 17.1. The number of fused-ring (bicyclic) bond motifs is 1. The van der Waals surface area contributed by atoms with Crippen LogP contribution in [0, 0.1) is 5.92 Å². The number of amides is 1. The van der Waals surface area contributed by atoms with E-state index in [4.69, 9.17) is 9.72 Å². The largest absolute Gasteiger partial charge is 0.481 e. The number of hydrogen-bond acceptors (Lipinski definition) is 4. The van der Waals surface area contributed by atoms with E-state index in [1.807, 2.05) is 42.5 Å². The number of rotatable bonds is 7. The number of nitrogens with zero attached hydrogens (tertiary/aromatic N) is 2. The molecule has 5 nitrogen and oxygen atoms in total. The fourth-order valence-electron chi connectivity index (χ4n) is 4.59. The molecule has 178 valence electrons. The summed E-state index contributed by atoms with van der Waals surface area (Å²) in [5.74, 6) is 2.08. The Morgan fingerprint density at radius 3 is 2.49 bits per heavy atom. The third-order valence-electron chi connectivity index (χ3n) is 6.46. The first-order valence-electron chi connectivity index (χ1n) is 12.0. The van der Waals surface area contributed by atoms with Crippen LogP contribution < -0.4 is 15.0 Å². The molecule has 1 aromatic heterocycles. The van der Waals surface area contributed by atoms with Crippen LogP contribution in [-0.4, -0.2) is 30.6 Å². The number of nitrogens with one attached hydrogen (secondary N) is 1. The number of carbonyl (C=O) groups is 1. The zero-order valence-electron chi connectivity index (χ0n) is 19.5. The number of halogens is 1. The number of aromatic nitrogens is 1. The minimum atomic E-state index is -0.207. The van der Waals surface area contributed by atoms with E-state index in [0.717, 1.165) is 59.2 Å². The lowest BCUT2D eigenvalue weighted by Gasteiger charge is -2.33. The molecule has 0 saturated carbocycles. The molecule has 0 unspecified atom stereocenters. The summed E-state index contributed by atoms with van der Waals surface area (Å²) in [5.41, 5.74) is 2.93. The molecule has 6 heteroatoms. The highest BCUT2D eigenvalue weighted by Crippen LogP contribution is 2.29. The Morgan fingerprint density at radius 2 is 1.71 bits per heavy atom. The van der Waals surface area contributed by atoms with Crippen LogP contribution in [0.5, 0.6) is 5.75 Å². The van der Waals surface area contributed by atoms with Crippen molar-refractivity contribution in [2.75, 3.05) is 29.9 Å². The third-order valence-corrected chi connectivity index (χ3v) is 6.99. The summed E-state index contributed by atoms with van der Waals surface area (Å²) in [7, 11) is 0. The van der Waals surface area contributed by atoms with Crippen LogP contribution in [0.25, 0.3) is 10.9 Å². The second-order valence-electron chi connectivity index (χ2n) is 8.96. The SMILES string of the molecule is O=C(COc1cccc2ccc(N3CCC(Cc4ccccc4)CC3)nc12)Nc1ccc(Br)cc1. The lowest BCUT2D eigenvalue weighted by atomic mass is 9.90. The van der Waals surface area contributed by atoms with Gasteiger partial charge in [-0.15, -0.1) is 0 Å². The van der Waals surface area contributed by atoms with Gasteiger partial charge in [0.05, 0.1) is 0 Å². The monoisotopic (exact) mass is 529 g/mol. The molecule has 0 radical (unpaired) electrons. The van der Waals surface area contributed by atoms with Gasteiger partial charge in [0.1, 0.15) is 17.1 Å². The Kier molecular flexibility index (Phi) is 7.28. The molecular formula is C29H28BrN3O2. The van der Waals surface area contributed by atoms with E-state index in [1.165, 1.54) is 5.56 Å². The fraction of sp³-hybridized carbons (Fsp3) is 0.241. The van der Waals surface area contributed by atoms with E-state index >= 15 is 0 Å². The second kappa shape index (κ2) is 10.9. The molecule has 0 aliphatic carbocycles. The van der Waals surface area contributed by atoms with Gasteiger partial charge < -0.3 is 15.0 Å². The van der Waals surface area contributed by atoms with Gasteiger partial charge in [-0.05, 0) is 73.2 Å². The van der Waals surface area contributed by atoms with E-state index in [2.05, 4.69) is 68.6 Å². The van der Waals surface area contributed by atoms with Gasteiger partial charge in [0.25, 0.3) is 5.91 Å². The molecular weight excluding hydrogens is 502 g/mol. The average molecular weight is 530 g/mol. The maximum atomic E-state index is 12.4. The van der Waals surface area contributed by atoms with Gasteiger partial charge in [-0.3, -0.25) is 4.79 Å². The van der Waals surface area contributed by atoms with E-state index in [1.54, 1.807) is 0 Å². The van der Waals surface area contributed by atoms with Crippen molar-refractivity contribution in [1.82, 2.24) is 4.98 Å². The Morgan fingerprint density at radius 1 is 0.943 bits per heavy atom. The predicted octanol–water partition coefficient (Wildman–Crippen LogP) is 6.47. The highest BCUT2D eigenvalue weighted by molar-refractivity contribution is 9.10. The van der Waals surface area contributed by atoms with Gasteiger partial charge >= 0.3 is 0 Å². The maximum Gasteiger partial charge on any atom is 0.262 e. The molecule has 0 atom stereocenters. The smallest absolute Gasteiger partial charge is 0.262 e. The molecule has 1 amide bonds. The average Bonchev–Trinajstić information content (AvgIpc) is 2.89. The number of ether oxygens (including phenoxy) is 1. The van der Waals surface area contributed by atoms with Gasteiger partial charge in [0.15, 0.2) is 6.61 Å². The predicted molar refractivity (Wildman–Crippen MR) is 145 cm³/mol. The topological polar surface area (TPSA) is 54.5 Å². The van der Waals surface area contributed by atoms with Crippen LogP contribution in [0.15, 0.2) is 89.4 Å². The molecule has 3 aromatic carbocycles. The van der Waals surface area contributed by atoms with Crippen LogP contribution in [0.2, 0.25) is 0 Å². The Balaban J connectivity index is 1.22. The minimum absolute atomic E-state index is 0.0774. The summed E-state index contributed by atoms with van der Waals surface area (Å²) in [5, 5.41) is 3.86. The van der Waals surface area contributed by atoms with Gasteiger partial charge in [0.2, 0.25) is 0 Å². The summed E-state index contributed by atoms with van der Waals surface area (Å²) in [6.45, 7) is 1.91. The van der Waals surface area contributed by atoms with Crippen LogP contribution in [-0.2, 0) is 11.2 Å². The summed E-state index contributed by atoms with van der Waals surface area (Å²) < 4.78 is 6.86. The van der Waals surface area contributed by atoms with Gasteiger partial charge in [0, 0.05) is 28.6 Å². The van der Waals surface area contributed by atoms with Crippen LogP contribution in [0.1, 0.15) is 18.4 Å². The molecule has 1 aliphatic heterocycles. The third kappa shape index (κ3) is 6.01. The van der Waals surface area contributed by atoms with Crippen molar-refractivity contribution >= 4 is 44.2 Å². The molecule has 2 heterocycles. The molecule has 0 bridgehead atoms. The van der Waals surface area contributed by atoms with Crippen molar-refractivity contribution in [3.05, 3.63) is 95.0 Å². The second-order valence-corrected chi connectivity index (χ2v) is 9.88. The van der Waals surface area contributed by atoms with Crippen molar-refractivity contribution in [3.63, 3.8) is 0 Å². The number of anilines is 2. The Labute approximate surface area is 214 Å². The Hall–Kier alpha value is -3.38. The van der Waals surface area contributed by atoms with Crippen molar-refractivity contribution in [2.24, 2.45) is 5.92 Å². The summed E-state index contributed by atoms with van der Waals surface area (Å²) in [6.07, 6.45) is 3.45. The van der Waals surface area contributed by atoms with Crippen molar-refractivity contribution in [1.29, 1.82) is 0 Å². The first-order valence-corrected chi connectivity index (χ1v) is 12.8. The van der Waals surface area contributed by atoms with Crippen molar-refractivity contribution < 1.29 is 9.53 Å². The molecule has 1 N–H and O–H groups in total. The van der Waals surface area contributed by atoms with Crippen molar-refractivity contribution in [2.45, 2.75) is 19.3 Å². The first kappa shape index (κ1) is 23.4. The van der Waals surface area contributed by atoms with E-state index < -0.39 is 0 Å². The number of benzene rings is 3. The molecule has 0 spiro atoms. The van der Waals surface area contributed by atoms with Gasteiger partial charge in [-0.1, -0.05) is 58.4 Å². The molecule has 5 rings (SSSR count). The van der Waals surface area contributed by atoms with E-state index in [9.17, 15) is 4.79 Å². The molecule has 35 heavy (non-hydrogen) atoms. The number of para-hydroxylation sites is 1.